The summed E-state index contributed by atoms with van der Waals surface area (Å²) in [5, 5.41) is 2.79. The van der Waals surface area contributed by atoms with E-state index in [-0.39, 0.29) is 12.5 Å². The molecule has 1 aromatic carbocycles. The van der Waals surface area contributed by atoms with E-state index in [9.17, 15) is 4.79 Å². The number of anilines is 1. The number of rotatable bonds is 2. The van der Waals surface area contributed by atoms with Crippen LogP contribution in [0.15, 0.2) is 17.1 Å². The molecule has 0 fully saturated rings. The Morgan fingerprint density at radius 3 is 2.53 bits per heavy atom. The maximum atomic E-state index is 11.5. The quantitative estimate of drug-likeness (QED) is 0.842. The minimum atomic E-state index is -0.129. The molecule has 0 aromatic heterocycles. The summed E-state index contributed by atoms with van der Waals surface area (Å²) >= 11 is 0. The van der Waals surface area contributed by atoms with Gasteiger partial charge in [0.2, 0.25) is 5.91 Å². The third-order valence-corrected chi connectivity index (χ3v) is 2.65. The summed E-state index contributed by atoms with van der Waals surface area (Å²) in [6.45, 7) is 2.01. The molecular weight excluding hydrogens is 220 g/mol. The molecule has 5 nitrogen and oxygen atoms in total. The van der Waals surface area contributed by atoms with E-state index in [0.717, 1.165) is 11.3 Å². The molecule has 90 valence electrons. The summed E-state index contributed by atoms with van der Waals surface area (Å²) in [5.74, 6) is 1.08. The minimum absolute atomic E-state index is 0.129. The molecule has 0 radical (unpaired) electrons. The fraction of sp³-hybridized carbons (Fsp3) is 0.333. The van der Waals surface area contributed by atoms with Gasteiger partial charge in [-0.3, -0.25) is 9.79 Å². The predicted molar refractivity (Wildman–Crippen MR) is 65.3 cm³/mol. The first-order chi connectivity index (χ1) is 8.15. The normalized spacial score (nSPS) is 14.3. The highest BCUT2D eigenvalue weighted by Gasteiger charge is 2.17. The van der Waals surface area contributed by atoms with Crippen LogP contribution in [0.2, 0.25) is 0 Å². The lowest BCUT2D eigenvalue weighted by molar-refractivity contribution is -0.114. The number of nitrogens with zero attached hydrogens (tertiary/aromatic N) is 1. The van der Waals surface area contributed by atoms with Gasteiger partial charge in [0, 0.05) is 17.3 Å². The van der Waals surface area contributed by atoms with E-state index in [0.29, 0.717) is 17.2 Å². The first-order valence-electron chi connectivity index (χ1n) is 5.23. The van der Waals surface area contributed by atoms with E-state index in [1.165, 1.54) is 0 Å². The number of benzene rings is 1. The van der Waals surface area contributed by atoms with Gasteiger partial charge in [-0.1, -0.05) is 0 Å². The van der Waals surface area contributed by atoms with Crippen molar-refractivity contribution in [2.24, 2.45) is 4.99 Å². The third kappa shape index (κ3) is 2.08. The van der Waals surface area contributed by atoms with Crippen molar-refractivity contribution in [1.82, 2.24) is 0 Å². The minimum Gasteiger partial charge on any atom is -0.493 e. The van der Waals surface area contributed by atoms with Crippen LogP contribution in [0, 0.1) is 0 Å². The van der Waals surface area contributed by atoms with E-state index in [4.69, 9.17) is 9.47 Å². The Morgan fingerprint density at radius 2 is 1.88 bits per heavy atom. The lowest BCUT2D eigenvalue weighted by atomic mass is 10.1. The van der Waals surface area contributed by atoms with Crippen LogP contribution in [-0.4, -0.2) is 32.4 Å². The number of ether oxygens (including phenoxy) is 2. The molecule has 17 heavy (non-hydrogen) atoms. The van der Waals surface area contributed by atoms with Crippen molar-refractivity contribution in [1.29, 1.82) is 0 Å². The molecule has 0 saturated carbocycles. The van der Waals surface area contributed by atoms with Crippen LogP contribution >= 0.6 is 0 Å². The molecule has 0 atom stereocenters. The number of hydrogen-bond acceptors (Lipinski definition) is 4. The fourth-order valence-electron chi connectivity index (χ4n) is 1.75. The molecule has 0 aliphatic carbocycles. The smallest absolute Gasteiger partial charge is 0.246 e. The number of hydrogen-bond donors (Lipinski definition) is 1. The predicted octanol–water partition coefficient (Wildman–Crippen LogP) is 1.46. The largest absolute Gasteiger partial charge is 0.493 e. The molecule has 1 aliphatic rings. The van der Waals surface area contributed by atoms with Gasteiger partial charge in [-0.25, -0.2) is 0 Å². The van der Waals surface area contributed by atoms with Crippen molar-refractivity contribution >= 4 is 17.3 Å². The second-order valence-corrected chi connectivity index (χ2v) is 3.70. The average molecular weight is 234 g/mol. The molecule has 1 aliphatic heterocycles. The average Bonchev–Trinajstić information content (AvgIpc) is 2.47. The SMILES string of the molecule is COc1cc2c(cc1OC)C(C)=NCC(=O)N2. The first kappa shape index (κ1) is 11.4. The second kappa shape index (κ2) is 4.45. The van der Waals surface area contributed by atoms with E-state index in [1.807, 2.05) is 13.0 Å². The summed E-state index contributed by atoms with van der Waals surface area (Å²) in [6.07, 6.45) is 0. The van der Waals surface area contributed by atoms with Gasteiger partial charge in [0.1, 0.15) is 6.54 Å². The van der Waals surface area contributed by atoms with Crippen LogP contribution in [0.25, 0.3) is 0 Å². The van der Waals surface area contributed by atoms with Crippen LogP contribution in [0.1, 0.15) is 12.5 Å². The van der Waals surface area contributed by atoms with Gasteiger partial charge in [0.05, 0.1) is 19.9 Å². The Bertz CT molecular complexity index is 495. The number of methoxy groups -OCH3 is 2. The van der Waals surface area contributed by atoms with Gasteiger partial charge in [-0.05, 0) is 13.0 Å². The van der Waals surface area contributed by atoms with Crippen molar-refractivity contribution in [3.63, 3.8) is 0 Å². The van der Waals surface area contributed by atoms with Crippen LogP contribution in [0.3, 0.4) is 0 Å². The van der Waals surface area contributed by atoms with Crippen molar-refractivity contribution in [3.05, 3.63) is 17.7 Å². The number of benzodiazepines with no additional fused rings is 1. The van der Waals surface area contributed by atoms with E-state index < -0.39 is 0 Å². The Labute approximate surface area is 99.4 Å². The van der Waals surface area contributed by atoms with Crippen LogP contribution in [0.5, 0.6) is 11.5 Å². The molecule has 1 aromatic rings. The number of amides is 1. The highest BCUT2D eigenvalue weighted by molar-refractivity contribution is 6.10. The molecule has 5 heteroatoms. The summed E-state index contributed by atoms with van der Waals surface area (Å²) in [4.78, 5) is 15.6. The molecule has 1 heterocycles. The van der Waals surface area contributed by atoms with Crippen molar-refractivity contribution in [2.45, 2.75) is 6.92 Å². The molecule has 0 spiro atoms. The lowest BCUT2D eigenvalue weighted by Gasteiger charge is -2.13. The van der Waals surface area contributed by atoms with E-state index >= 15 is 0 Å². The molecule has 0 saturated heterocycles. The highest BCUT2D eigenvalue weighted by atomic mass is 16.5. The molecule has 2 rings (SSSR count). The Balaban J connectivity index is 2.59. The third-order valence-electron chi connectivity index (χ3n) is 2.65. The van der Waals surface area contributed by atoms with E-state index in [1.54, 1.807) is 20.3 Å². The monoisotopic (exact) mass is 234 g/mol. The topological polar surface area (TPSA) is 59.9 Å². The number of fused-ring (bicyclic) bond motifs is 1. The molecule has 1 N–H and O–H groups in total. The zero-order valence-corrected chi connectivity index (χ0v) is 10.0. The summed E-state index contributed by atoms with van der Waals surface area (Å²) in [5.41, 5.74) is 2.36. The summed E-state index contributed by atoms with van der Waals surface area (Å²) in [6, 6.07) is 3.56. The molecule has 0 unspecified atom stereocenters. The Kier molecular flexibility index (Phi) is 2.99. The highest BCUT2D eigenvalue weighted by Crippen LogP contribution is 2.34. The standard InChI is InChI=1S/C12H14N2O3/c1-7-8-4-10(16-2)11(17-3)5-9(8)14-12(15)6-13-7/h4-5H,6H2,1-3H3,(H,14,15). The van der Waals surface area contributed by atoms with Gasteiger partial charge in [0.15, 0.2) is 11.5 Å². The van der Waals surface area contributed by atoms with Crippen LogP contribution in [0.4, 0.5) is 5.69 Å². The number of nitrogens with one attached hydrogen (secondary N) is 1. The lowest BCUT2D eigenvalue weighted by Crippen LogP contribution is -2.13. The Morgan fingerprint density at radius 1 is 1.24 bits per heavy atom. The molecule has 1 amide bonds. The zero-order chi connectivity index (χ0) is 12.4. The number of carbonyl (C=O) groups is 1. The number of aliphatic imine (C=N–C) groups is 1. The molecular formula is C12H14N2O3. The Hall–Kier alpha value is -2.04. The molecule has 0 bridgehead atoms. The van der Waals surface area contributed by atoms with E-state index in [2.05, 4.69) is 10.3 Å². The van der Waals surface area contributed by atoms with Crippen molar-refractivity contribution < 1.29 is 14.3 Å². The maximum Gasteiger partial charge on any atom is 0.246 e. The number of carbonyl (C=O) groups excluding carboxylic acids is 1. The maximum absolute atomic E-state index is 11.5. The van der Waals surface area contributed by atoms with Crippen molar-refractivity contribution in [2.75, 3.05) is 26.1 Å². The fourth-order valence-corrected chi connectivity index (χ4v) is 1.75. The van der Waals surface area contributed by atoms with Crippen LogP contribution in [-0.2, 0) is 4.79 Å². The summed E-state index contributed by atoms with van der Waals surface area (Å²) in [7, 11) is 3.13. The van der Waals surface area contributed by atoms with Gasteiger partial charge in [0.25, 0.3) is 0 Å². The van der Waals surface area contributed by atoms with Crippen LogP contribution < -0.4 is 14.8 Å². The second-order valence-electron chi connectivity index (χ2n) is 3.70. The van der Waals surface area contributed by atoms with Crippen molar-refractivity contribution in [3.8, 4) is 11.5 Å². The summed E-state index contributed by atoms with van der Waals surface area (Å²) < 4.78 is 10.4. The van der Waals surface area contributed by atoms with Gasteiger partial charge < -0.3 is 14.8 Å². The first-order valence-corrected chi connectivity index (χ1v) is 5.23. The van der Waals surface area contributed by atoms with Gasteiger partial charge in [-0.2, -0.15) is 0 Å². The van der Waals surface area contributed by atoms with Gasteiger partial charge in [-0.15, -0.1) is 0 Å². The zero-order valence-electron chi connectivity index (χ0n) is 10.0. The van der Waals surface area contributed by atoms with Gasteiger partial charge >= 0.3 is 0 Å².